The first-order chi connectivity index (χ1) is 24.3. The normalized spacial score (nSPS) is 12.1. The van der Waals surface area contributed by atoms with E-state index >= 15 is 0 Å². The first-order valence-corrected chi connectivity index (χ1v) is 17.0. The van der Waals surface area contributed by atoms with Crippen molar-refractivity contribution in [3.63, 3.8) is 0 Å². The van der Waals surface area contributed by atoms with Gasteiger partial charge in [0.25, 0.3) is 0 Å². The van der Waals surface area contributed by atoms with Crippen molar-refractivity contribution in [2.24, 2.45) is 0 Å². The van der Waals surface area contributed by atoms with Crippen LogP contribution in [-0.2, 0) is 0 Å². The molecule has 0 saturated heterocycles. The summed E-state index contributed by atoms with van der Waals surface area (Å²) in [6.45, 7) is 0. The first-order valence-electron chi connectivity index (χ1n) is 17.0. The summed E-state index contributed by atoms with van der Waals surface area (Å²) in [4.78, 5) is 0. The third-order valence-electron chi connectivity index (χ3n) is 10.7. The van der Waals surface area contributed by atoms with E-state index in [-0.39, 0.29) is 0 Å². The molecule has 0 aliphatic rings. The lowest BCUT2D eigenvalue weighted by Gasteiger charge is -2.18. The largest absolute Gasteiger partial charge is 0.309 e. The number of hydrogen-bond acceptors (Lipinski definition) is 0. The minimum atomic E-state index is 1.20. The highest BCUT2D eigenvalue weighted by atomic mass is 15.0. The van der Waals surface area contributed by atoms with Crippen LogP contribution in [0.25, 0.3) is 103 Å². The van der Waals surface area contributed by atoms with E-state index in [9.17, 15) is 0 Å². The standard InChI is InChI=1S/C48H29N/c1-5-17-37-32(13-1)31(27-28-46(37)49-44-23-11-9-18-38(44)39-19-10-12-24-45(39)49)30-25-26-36-35-16-4-7-21-41(35)47-40-20-6-2-14-33(40)34-15-3-8-22-42(34)48(47)43(36)29-30/h1-29H. The van der Waals surface area contributed by atoms with Crippen molar-refractivity contribution >= 4 is 86.4 Å². The molecule has 0 aliphatic carbocycles. The highest BCUT2D eigenvalue weighted by molar-refractivity contribution is 6.39. The van der Waals surface area contributed by atoms with Gasteiger partial charge in [0.1, 0.15) is 0 Å². The second kappa shape index (κ2) is 10.0. The van der Waals surface area contributed by atoms with E-state index in [1.54, 1.807) is 0 Å². The van der Waals surface area contributed by atoms with E-state index < -0.39 is 0 Å². The van der Waals surface area contributed by atoms with Gasteiger partial charge < -0.3 is 4.57 Å². The number of nitrogens with zero attached hydrogens (tertiary/aromatic N) is 1. The summed E-state index contributed by atoms with van der Waals surface area (Å²) >= 11 is 0. The molecule has 0 N–H and O–H groups in total. The Morgan fingerprint density at radius 3 is 1.22 bits per heavy atom. The topological polar surface area (TPSA) is 4.93 Å². The molecule has 11 rings (SSSR count). The third-order valence-corrected chi connectivity index (χ3v) is 10.7. The lowest BCUT2D eigenvalue weighted by Crippen LogP contribution is -1.96. The van der Waals surface area contributed by atoms with Crippen LogP contribution in [-0.4, -0.2) is 4.57 Å². The van der Waals surface area contributed by atoms with Gasteiger partial charge in [-0.05, 0) is 94.6 Å². The number of rotatable bonds is 2. The predicted molar refractivity (Wildman–Crippen MR) is 211 cm³/mol. The van der Waals surface area contributed by atoms with Crippen LogP contribution in [0.1, 0.15) is 0 Å². The number of para-hydroxylation sites is 2. The van der Waals surface area contributed by atoms with Crippen molar-refractivity contribution in [1.29, 1.82) is 0 Å². The molecular formula is C48H29N. The maximum atomic E-state index is 2.45. The van der Waals surface area contributed by atoms with Gasteiger partial charge in [0.2, 0.25) is 0 Å². The number of benzene rings is 10. The summed E-state index contributed by atoms with van der Waals surface area (Å²) < 4.78 is 2.44. The quantitative estimate of drug-likeness (QED) is 0.170. The Bertz CT molecular complexity index is 3090. The molecule has 0 unspecified atom stereocenters. The van der Waals surface area contributed by atoms with Gasteiger partial charge in [0.05, 0.1) is 16.7 Å². The minimum absolute atomic E-state index is 1.20. The van der Waals surface area contributed by atoms with Crippen molar-refractivity contribution < 1.29 is 0 Å². The van der Waals surface area contributed by atoms with Gasteiger partial charge in [0, 0.05) is 16.2 Å². The van der Waals surface area contributed by atoms with Crippen LogP contribution in [0, 0.1) is 0 Å². The van der Waals surface area contributed by atoms with Crippen LogP contribution in [0.4, 0.5) is 0 Å². The van der Waals surface area contributed by atoms with Gasteiger partial charge in [-0.1, -0.05) is 152 Å². The van der Waals surface area contributed by atoms with E-state index in [2.05, 4.69) is 180 Å². The van der Waals surface area contributed by atoms with Crippen molar-refractivity contribution in [1.82, 2.24) is 4.57 Å². The molecule has 49 heavy (non-hydrogen) atoms. The molecule has 0 bridgehead atoms. The van der Waals surface area contributed by atoms with E-state index in [0.717, 1.165) is 0 Å². The van der Waals surface area contributed by atoms with Crippen LogP contribution < -0.4 is 0 Å². The summed E-state index contributed by atoms with van der Waals surface area (Å²) in [5.74, 6) is 0. The lowest BCUT2D eigenvalue weighted by atomic mass is 9.86. The molecule has 0 spiro atoms. The van der Waals surface area contributed by atoms with Gasteiger partial charge >= 0.3 is 0 Å². The molecule has 0 aliphatic heterocycles. The van der Waals surface area contributed by atoms with Crippen molar-refractivity contribution in [3.8, 4) is 16.8 Å². The molecule has 1 nitrogen and oxygen atoms in total. The average molecular weight is 620 g/mol. The van der Waals surface area contributed by atoms with Gasteiger partial charge in [0.15, 0.2) is 0 Å². The predicted octanol–water partition coefficient (Wildman–Crippen LogP) is 13.4. The van der Waals surface area contributed by atoms with Crippen LogP contribution in [0.2, 0.25) is 0 Å². The van der Waals surface area contributed by atoms with Crippen LogP contribution in [0.3, 0.4) is 0 Å². The Morgan fingerprint density at radius 1 is 0.265 bits per heavy atom. The molecule has 11 aromatic rings. The smallest absolute Gasteiger partial charge is 0.0541 e. The molecule has 1 heteroatoms. The zero-order valence-electron chi connectivity index (χ0n) is 26.7. The van der Waals surface area contributed by atoms with Crippen molar-refractivity contribution in [2.75, 3.05) is 0 Å². The van der Waals surface area contributed by atoms with Crippen LogP contribution >= 0.6 is 0 Å². The fourth-order valence-corrected chi connectivity index (χ4v) is 8.70. The Morgan fingerprint density at radius 2 is 0.673 bits per heavy atom. The van der Waals surface area contributed by atoms with Gasteiger partial charge in [-0.2, -0.15) is 0 Å². The third kappa shape index (κ3) is 3.65. The van der Waals surface area contributed by atoms with E-state index in [1.807, 2.05) is 0 Å². The Balaban J connectivity index is 1.25. The van der Waals surface area contributed by atoms with Crippen LogP contribution in [0.5, 0.6) is 0 Å². The van der Waals surface area contributed by atoms with E-state index in [1.165, 1.54) is 103 Å². The highest BCUT2D eigenvalue weighted by Crippen LogP contribution is 2.45. The van der Waals surface area contributed by atoms with E-state index in [4.69, 9.17) is 0 Å². The molecule has 0 fully saturated rings. The zero-order chi connectivity index (χ0) is 32.1. The van der Waals surface area contributed by atoms with E-state index in [0.29, 0.717) is 0 Å². The Hall–Kier alpha value is -6.44. The summed E-state index contributed by atoms with van der Waals surface area (Å²) in [6, 6.07) is 65.0. The average Bonchev–Trinajstić information content (AvgIpc) is 3.51. The van der Waals surface area contributed by atoms with Crippen molar-refractivity contribution in [3.05, 3.63) is 176 Å². The van der Waals surface area contributed by atoms with Crippen LogP contribution in [0.15, 0.2) is 176 Å². The van der Waals surface area contributed by atoms with Gasteiger partial charge in [-0.15, -0.1) is 0 Å². The van der Waals surface area contributed by atoms with Gasteiger partial charge in [-0.3, -0.25) is 0 Å². The molecule has 0 atom stereocenters. The molecule has 10 aromatic carbocycles. The Kier molecular flexibility index (Phi) is 5.45. The number of aromatic nitrogens is 1. The number of hydrogen-bond donors (Lipinski definition) is 0. The maximum absolute atomic E-state index is 2.45. The first kappa shape index (κ1) is 26.6. The molecule has 1 heterocycles. The minimum Gasteiger partial charge on any atom is -0.309 e. The summed E-state index contributed by atoms with van der Waals surface area (Å²) in [5.41, 5.74) is 6.13. The molecule has 0 radical (unpaired) electrons. The monoisotopic (exact) mass is 619 g/mol. The van der Waals surface area contributed by atoms with Gasteiger partial charge in [-0.25, -0.2) is 0 Å². The molecular weight excluding hydrogens is 591 g/mol. The fraction of sp³-hybridized carbons (Fsp3) is 0. The maximum Gasteiger partial charge on any atom is 0.0541 e. The molecule has 226 valence electrons. The molecule has 0 amide bonds. The lowest BCUT2D eigenvalue weighted by molar-refractivity contribution is 1.20. The summed E-state index contributed by atoms with van der Waals surface area (Å²) in [5, 5.41) is 18.1. The SMILES string of the molecule is c1ccc2c(-n3c4ccccc4c4ccccc43)ccc(-c3ccc4c5ccccc5c5c6ccccc6c6ccccc6c5c4c3)c2c1. The Labute approximate surface area is 282 Å². The fourth-order valence-electron chi connectivity index (χ4n) is 8.70. The zero-order valence-corrected chi connectivity index (χ0v) is 26.7. The summed E-state index contributed by atoms with van der Waals surface area (Å²) in [6.07, 6.45) is 0. The number of fused-ring (bicyclic) bond motifs is 15. The molecule has 1 aromatic heterocycles. The summed E-state index contributed by atoms with van der Waals surface area (Å²) in [7, 11) is 0. The molecule has 0 saturated carbocycles. The second-order valence-electron chi connectivity index (χ2n) is 13.2. The van der Waals surface area contributed by atoms with Crippen molar-refractivity contribution in [2.45, 2.75) is 0 Å². The second-order valence-corrected chi connectivity index (χ2v) is 13.2. The highest BCUT2D eigenvalue weighted by Gasteiger charge is 2.18.